The van der Waals surface area contributed by atoms with Crippen molar-refractivity contribution in [3.8, 4) is 11.5 Å². The van der Waals surface area contributed by atoms with Gasteiger partial charge in [0.1, 0.15) is 11.5 Å². The summed E-state index contributed by atoms with van der Waals surface area (Å²) in [5.74, 6) is 1.03. The van der Waals surface area contributed by atoms with Crippen LogP contribution in [-0.2, 0) is 11.3 Å². The van der Waals surface area contributed by atoms with Gasteiger partial charge in [0.2, 0.25) is 5.91 Å². The summed E-state index contributed by atoms with van der Waals surface area (Å²) in [7, 11) is 3.13. The molecule has 2 amide bonds. The van der Waals surface area contributed by atoms with E-state index in [4.69, 9.17) is 9.47 Å². The van der Waals surface area contributed by atoms with E-state index in [9.17, 15) is 9.59 Å². The first-order valence-electron chi connectivity index (χ1n) is 10.6. The first-order valence-corrected chi connectivity index (χ1v) is 10.6. The molecule has 1 fully saturated rings. The number of benzene rings is 1. The fourth-order valence-corrected chi connectivity index (χ4v) is 3.91. The van der Waals surface area contributed by atoms with Crippen LogP contribution in [0, 0.1) is 5.92 Å². The summed E-state index contributed by atoms with van der Waals surface area (Å²) in [5.41, 5.74) is 1.50. The van der Waals surface area contributed by atoms with Crippen molar-refractivity contribution in [2.45, 2.75) is 39.3 Å². The van der Waals surface area contributed by atoms with Gasteiger partial charge < -0.3 is 19.3 Å². The van der Waals surface area contributed by atoms with Crippen molar-refractivity contribution < 1.29 is 19.1 Å². The van der Waals surface area contributed by atoms with Gasteiger partial charge in [-0.1, -0.05) is 19.9 Å². The van der Waals surface area contributed by atoms with Gasteiger partial charge in [-0.05, 0) is 36.6 Å². The molecule has 1 aromatic carbocycles. The average molecular weight is 426 g/mol. The molecule has 7 heteroatoms. The topological polar surface area (TPSA) is 72.0 Å². The third kappa shape index (κ3) is 5.54. The fourth-order valence-electron chi connectivity index (χ4n) is 3.91. The number of carbonyl (C=O) groups is 2. The zero-order valence-electron chi connectivity index (χ0n) is 18.7. The molecule has 0 bridgehead atoms. The summed E-state index contributed by atoms with van der Waals surface area (Å²) in [6, 6.07) is 9.00. The number of likely N-dealkylation sites (tertiary alicyclic amines) is 1. The number of hydrogen-bond acceptors (Lipinski definition) is 5. The Morgan fingerprint density at radius 3 is 2.48 bits per heavy atom. The van der Waals surface area contributed by atoms with Crippen LogP contribution >= 0.6 is 0 Å². The predicted octanol–water partition coefficient (Wildman–Crippen LogP) is 3.39. The van der Waals surface area contributed by atoms with E-state index in [1.165, 1.54) is 0 Å². The van der Waals surface area contributed by atoms with E-state index in [1.54, 1.807) is 44.8 Å². The Labute approximate surface area is 184 Å². The van der Waals surface area contributed by atoms with Crippen molar-refractivity contribution in [1.29, 1.82) is 0 Å². The van der Waals surface area contributed by atoms with Crippen LogP contribution < -0.4 is 9.47 Å². The molecule has 0 radical (unpaired) electrons. The van der Waals surface area contributed by atoms with E-state index in [0.717, 1.165) is 18.4 Å². The maximum absolute atomic E-state index is 13.3. The number of ether oxygens (including phenoxy) is 2. The highest BCUT2D eigenvalue weighted by molar-refractivity contribution is 5.95. The number of pyridine rings is 1. The smallest absolute Gasteiger partial charge is 0.254 e. The van der Waals surface area contributed by atoms with Crippen LogP contribution in [0.25, 0.3) is 0 Å². The van der Waals surface area contributed by atoms with Crippen LogP contribution in [0.15, 0.2) is 42.7 Å². The Balaban J connectivity index is 1.81. The molecule has 1 aromatic heterocycles. The van der Waals surface area contributed by atoms with Gasteiger partial charge >= 0.3 is 0 Å². The van der Waals surface area contributed by atoms with E-state index in [2.05, 4.69) is 4.98 Å². The molecule has 31 heavy (non-hydrogen) atoms. The van der Waals surface area contributed by atoms with E-state index >= 15 is 0 Å². The summed E-state index contributed by atoms with van der Waals surface area (Å²) in [4.78, 5) is 34.2. The van der Waals surface area contributed by atoms with Crippen molar-refractivity contribution in [3.63, 3.8) is 0 Å². The SMILES string of the molecule is COc1cc(OC)cc(C(=O)N2CCCC(N(Cc3cccnc3)C(=O)C(C)C)C2)c1. The lowest BCUT2D eigenvalue weighted by molar-refractivity contribution is -0.138. The van der Waals surface area contributed by atoms with Crippen LogP contribution in [0.5, 0.6) is 11.5 Å². The number of nitrogens with zero attached hydrogens (tertiary/aromatic N) is 3. The second kappa shape index (κ2) is 10.3. The minimum Gasteiger partial charge on any atom is -0.497 e. The largest absolute Gasteiger partial charge is 0.497 e. The number of hydrogen-bond donors (Lipinski definition) is 0. The second-order valence-corrected chi connectivity index (χ2v) is 8.13. The Morgan fingerprint density at radius 1 is 1.19 bits per heavy atom. The van der Waals surface area contributed by atoms with Crippen molar-refractivity contribution in [3.05, 3.63) is 53.9 Å². The van der Waals surface area contributed by atoms with Gasteiger partial charge in [0.05, 0.1) is 14.2 Å². The highest BCUT2D eigenvalue weighted by Crippen LogP contribution is 2.26. The van der Waals surface area contributed by atoms with E-state index in [-0.39, 0.29) is 23.8 Å². The monoisotopic (exact) mass is 425 g/mol. The molecule has 2 aromatic rings. The van der Waals surface area contributed by atoms with Crippen LogP contribution in [0.1, 0.15) is 42.6 Å². The quantitative estimate of drug-likeness (QED) is 0.680. The molecule has 166 valence electrons. The van der Waals surface area contributed by atoms with Crippen molar-refractivity contribution >= 4 is 11.8 Å². The fraction of sp³-hybridized carbons (Fsp3) is 0.458. The maximum atomic E-state index is 13.3. The molecule has 1 aliphatic heterocycles. The van der Waals surface area contributed by atoms with Gasteiger partial charge in [-0.3, -0.25) is 14.6 Å². The molecule has 1 atom stereocenters. The zero-order valence-corrected chi connectivity index (χ0v) is 18.7. The first kappa shape index (κ1) is 22.6. The lowest BCUT2D eigenvalue weighted by atomic mass is 10.00. The highest BCUT2D eigenvalue weighted by Gasteiger charge is 2.32. The molecule has 3 rings (SSSR count). The standard InChI is InChI=1S/C24H31N3O4/c1-17(2)23(28)27(15-18-7-5-9-25-14-18)20-8-6-10-26(16-20)24(29)19-11-21(30-3)13-22(12-19)31-4/h5,7,9,11-14,17,20H,6,8,10,15-16H2,1-4H3. The summed E-state index contributed by atoms with van der Waals surface area (Å²) in [6.45, 7) is 5.47. The molecular weight excluding hydrogens is 394 g/mol. The van der Waals surface area contributed by atoms with E-state index < -0.39 is 0 Å². The molecule has 7 nitrogen and oxygen atoms in total. The first-order chi connectivity index (χ1) is 14.9. The number of carbonyl (C=O) groups excluding carboxylic acids is 2. The summed E-state index contributed by atoms with van der Waals surface area (Å²) in [5, 5.41) is 0. The lowest BCUT2D eigenvalue weighted by Crippen LogP contribution is -2.52. The van der Waals surface area contributed by atoms with Crippen molar-refractivity contribution in [2.75, 3.05) is 27.3 Å². The minimum absolute atomic E-state index is 0.0414. The molecule has 0 N–H and O–H groups in total. The lowest BCUT2D eigenvalue weighted by Gasteiger charge is -2.40. The number of amides is 2. The van der Waals surface area contributed by atoms with Gasteiger partial charge in [-0.15, -0.1) is 0 Å². The minimum atomic E-state index is -0.120. The van der Waals surface area contributed by atoms with Gasteiger partial charge in [0, 0.05) is 55.6 Å². The summed E-state index contributed by atoms with van der Waals surface area (Å²) < 4.78 is 10.6. The maximum Gasteiger partial charge on any atom is 0.254 e. The molecule has 1 unspecified atom stereocenters. The number of methoxy groups -OCH3 is 2. The average Bonchev–Trinajstić information content (AvgIpc) is 2.81. The predicted molar refractivity (Wildman–Crippen MR) is 118 cm³/mol. The van der Waals surface area contributed by atoms with Crippen molar-refractivity contribution in [1.82, 2.24) is 14.8 Å². The molecule has 0 aliphatic carbocycles. The third-order valence-electron chi connectivity index (χ3n) is 5.58. The molecule has 1 aliphatic rings. The molecular formula is C24H31N3O4. The Kier molecular flexibility index (Phi) is 7.50. The van der Waals surface area contributed by atoms with Gasteiger partial charge in [0.25, 0.3) is 5.91 Å². The van der Waals surface area contributed by atoms with E-state index in [1.807, 2.05) is 35.8 Å². The van der Waals surface area contributed by atoms with Gasteiger partial charge in [0.15, 0.2) is 0 Å². The number of aromatic nitrogens is 1. The summed E-state index contributed by atoms with van der Waals surface area (Å²) in [6.07, 6.45) is 5.22. The van der Waals surface area contributed by atoms with Gasteiger partial charge in [-0.25, -0.2) is 0 Å². The van der Waals surface area contributed by atoms with Crippen LogP contribution in [0.2, 0.25) is 0 Å². The van der Waals surface area contributed by atoms with Crippen LogP contribution in [0.4, 0.5) is 0 Å². The molecule has 0 saturated carbocycles. The number of rotatable bonds is 7. The molecule has 2 heterocycles. The third-order valence-corrected chi connectivity index (χ3v) is 5.58. The molecule has 1 saturated heterocycles. The van der Waals surface area contributed by atoms with Gasteiger partial charge in [-0.2, -0.15) is 0 Å². The van der Waals surface area contributed by atoms with E-state index in [0.29, 0.717) is 36.7 Å². The number of piperidine rings is 1. The Morgan fingerprint density at radius 2 is 1.90 bits per heavy atom. The van der Waals surface area contributed by atoms with Crippen LogP contribution in [0.3, 0.4) is 0 Å². The summed E-state index contributed by atoms with van der Waals surface area (Å²) >= 11 is 0. The second-order valence-electron chi connectivity index (χ2n) is 8.13. The zero-order chi connectivity index (χ0) is 22.4. The highest BCUT2D eigenvalue weighted by atomic mass is 16.5. The normalized spacial score (nSPS) is 16.2. The van der Waals surface area contributed by atoms with Crippen LogP contribution in [-0.4, -0.2) is 59.9 Å². The van der Waals surface area contributed by atoms with Crippen molar-refractivity contribution in [2.24, 2.45) is 5.92 Å². The molecule has 0 spiro atoms. The Hall–Kier alpha value is -3.09. The Bertz CT molecular complexity index is 879.